The summed E-state index contributed by atoms with van der Waals surface area (Å²) in [5.74, 6) is -0.448. The normalized spacial score (nSPS) is 14.2. The van der Waals surface area contributed by atoms with Crippen molar-refractivity contribution in [1.82, 2.24) is 5.43 Å². The van der Waals surface area contributed by atoms with E-state index in [9.17, 15) is 14.0 Å². The first-order chi connectivity index (χ1) is 17.3. The van der Waals surface area contributed by atoms with Crippen molar-refractivity contribution in [3.63, 3.8) is 0 Å². The van der Waals surface area contributed by atoms with Crippen molar-refractivity contribution >= 4 is 28.6 Å². The average molecular weight is 489 g/mol. The Labute approximate surface area is 206 Å². The summed E-state index contributed by atoms with van der Waals surface area (Å²) in [6.07, 6.45) is 3.79. The number of fused-ring (bicyclic) bond motifs is 2. The second-order valence-electron chi connectivity index (χ2n) is 9.04. The van der Waals surface area contributed by atoms with Crippen molar-refractivity contribution in [3.05, 3.63) is 87.8 Å². The number of nitrogens with one attached hydrogen (secondary N) is 1. The van der Waals surface area contributed by atoms with E-state index in [1.54, 1.807) is 13.2 Å². The summed E-state index contributed by atoms with van der Waals surface area (Å²) in [6, 6.07) is 9.19. The Balaban J connectivity index is 1.33. The number of benzene rings is 2. The van der Waals surface area contributed by atoms with Gasteiger partial charge in [0.15, 0.2) is 0 Å². The maximum absolute atomic E-state index is 13.1. The van der Waals surface area contributed by atoms with Crippen LogP contribution in [-0.4, -0.2) is 17.6 Å². The van der Waals surface area contributed by atoms with Crippen molar-refractivity contribution in [2.45, 2.75) is 46.5 Å². The summed E-state index contributed by atoms with van der Waals surface area (Å²) >= 11 is 0. The third-order valence-electron chi connectivity index (χ3n) is 6.29. The van der Waals surface area contributed by atoms with Crippen LogP contribution in [0.3, 0.4) is 0 Å². The minimum Gasteiger partial charge on any atom is -0.464 e. The topological polar surface area (TPSA) is 94.0 Å². The van der Waals surface area contributed by atoms with Crippen LogP contribution < -0.4 is 10.2 Å². The van der Waals surface area contributed by atoms with Gasteiger partial charge in [-0.05, 0) is 75.1 Å². The third kappa shape index (κ3) is 4.54. The lowest BCUT2D eigenvalue weighted by Crippen LogP contribution is -2.23. The Morgan fingerprint density at radius 1 is 1.11 bits per heavy atom. The van der Waals surface area contributed by atoms with Crippen LogP contribution in [0.4, 0.5) is 4.39 Å². The van der Waals surface area contributed by atoms with E-state index in [2.05, 4.69) is 16.6 Å². The minimum atomic E-state index is -0.672. The Bertz CT molecular complexity index is 1510. The smallest absolute Gasteiger partial charge is 0.379 e. The molecule has 1 aliphatic rings. The molecule has 0 saturated carbocycles. The number of ether oxygens (including phenoxy) is 1. The van der Waals surface area contributed by atoms with Crippen molar-refractivity contribution in [2.75, 3.05) is 0 Å². The van der Waals surface area contributed by atoms with Crippen LogP contribution in [0.5, 0.6) is 5.75 Å². The first-order valence-electron chi connectivity index (χ1n) is 11.7. The predicted octanol–water partition coefficient (Wildman–Crippen LogP) is 5.71. The molecule has 5 rings (SSSR count). The molecular weight excluding hydrogens is 463 g/mol. The number of carbonyl (C=O) groups is 2. The number of hydrazone groups is 1. The largest absolute Gasteiger partial charge is 0.464 e. The third-order valence-corrected chi connectivity index (χ3v) is 6.29. The second-order valence-corrected chi connectivity index (χ2v) is 9.04. The molecule has 7 nitrogen and oxygen atoms in total. The molecule has 2 aromatic heterocycles. The number of esters is 1. The average Bonchev–Trinajstić information content (AvgIpc) is 3.40. The standard InChI is InChI=1S/C28H25FN2O5/c1-15-11-16(2)25-18(14-34-23(25)12-15)13-24(32)31-30-21-5-4-6-22-26(21)17(3)27(36-22)28(33)35-20-9-7-19(29)8-10-20/h7-12,14H,4-6,13H2,1-3H3,(H,31,32)/b30-21+. The molecule has 0 radical (unpaired) electrons. The summed E-state index contributed by atoms with van der Waals surface area (Å²) in [6.45, 7) is 5.76. The highest BCUT2D eigenvalue weighted by Gasteiger charge is 2.29. The van der Waals surface area contributed by atoms with Crippen LogP contribution in [0.15, 0.2) is 56.6 Å². The number of halogens is 1. The first kappa shape index (κ1) is 23.5. The van der Waals surface area contributed by atoms with Gasteiger partial charge in [0, 0.05) is 28.5 Å². The van der Waals surface area contributed by atoms with E-state index in [0.717, 1.165) is 34.1 Å². The number of rotatable bonds is 5. The van der Waals surface area contributed by atoms with Gasteiger partial charge < -0.3 is 13.6 Å². The molecular formula is C28H25FN2O5. The molecule has 0 bridgehead atoms. The molecule has 8 heteroatoms. The van der Waals surface area contributed by atoms with Gasteiger partial charge in [-0.25, -0.2) is 14.6 Å². The molecule has 0 fully saturated rings. The fourth-order valence-electron chi connectivity index (χ4n) is 4.73. The van der Waals surface area contributed by atoms with Gasteiger partial charge in [-0.1, -0.05) is 6.07 Å². The minimum absolute atomic E-state index is 0.0703. The summed E-state index contributed by atoms with van der Waals surface area (Å²) in [5, 5.41) is 5.32. The number of nitrogens with zero attached hydrogens (tertiary/aromatic N) is 1. The molecule has 1 amide bonds. The van der Waals surface area contributed by atoms with E-state index < -0.39 is 11.8 Å². The summed E-state index contributed by atoms with van der Waals surface area (Å²) in [5.41, 5.74) is 8.32. The number of hydrogen-bond acceptors (Lipinski definition) is 6. The van der Waals surface area contributed by atoms with Crippen LogP contribution in [0.1, 0.15) is 57.0 Å². The van der Waals surface area contributed by atoms with E-state index in [-0.39, 0.29) is 23.8 Å². The van der Waals surface area contributed by atoms with E-state index in [4.69, 9.17) is 13.6 Å². The zero-order valence-corrected chi connectivity index (χ0v) is 20.2. The SMILES string of the molecule is Cc1cc(C)c2c(CC(=O)N/N=C3\CCCc4oc(C(=O)Oc5ccc(F)cc5)c(C)c43)coc2c1. The number of carbonyl (C=O) groups excluding carboxylic acids is 2. The van der Waals surface area contributed by atoms with E-state index in [1.807, 2.05) is 19.9 Å². The summed E-state index contributed by atoms with van der Waals surface area (Å²) < 4.78 is 30.0. The molecule has 36 heavy (non-hydrogen) atoms. The van der Waals surface area contributed by atoms with Crippen LogP contribution in [0.25, 0.3) is 11.0 Å². The molecule has 2 aromatic carbocycles. The zero-order valence-electron chi connectivity index (χ0n) is 20.2. The molecule has 2 heterocycles. The molecule has 1 N–H and O–H groups in total. The first-order valence-corrected chi connectivity index (χ1v) is 11.7. The molecule has 0 aliphatic heterocycles. The highest BCUT2D eigenvalue weighted by Crippen LogP contribution is 2.31. The Kier molecular flexibility index (Phi) is 6.18. The zero-order chi connectivity index (χ0) is 25.4. The highest BCUT2D eigenvalue weighted by molar-refractivity contribution is 6.06. The van der Waals surface area contributed by atoms with Crippen LogP contribution in [-0.2, 0) is 17.6 Å². The molecule has 0 unspecified atom stereocenters. The number of hydrogen-bond donors (Lipinski definition) is 1. The van der Waals surface area contributed by atoms with Gasteiger partial charge in [0.25, 0.3) is 0 Å². The van der Waals surface area contributed by atoms with Crippen LogP contribution in [0.2, 0.25) is 0 Å². The lowest BCUT2D eigenvalue weighted by molar-refractivity contribution is -0.120. The second kappa shape index (κ2) is 9.45. The lowest BCUT2D eigenvalue weighted by atomic mass is 9.93. The Hall–Kier alpha value is -4.20. The molecule has 0 spiro atoms. The van der Waals surface area contributed by atoms with Gasteiger partial charge in [0.1, 0.15) is 22.9 Å². The molecule has 184 valence electrons. The van der Waals surface area contributed by atoms with Crippen molar-refractivity contribution in [2.24, 2.45) is 5.10 Å². The van der Waals surface area contributed by atoms with Gasteiger partial charge in [-0.2, -0.15) is 5.10 Å². The number of furan rings is 2. The Morgan fingerprint density at radius 3 is 2.67 bits per heavy atom. The predicted molar refractivity (Wildman–Crippen MR) is 132 cm³/mol. The Morgan fingerprint density at radius 2 is 1.89 bits per heavy atom. The lowest BCUT2D eigenvalue weighted by Gasteiger charge is -2.13. The number of amides is 1. The van der Waals surface area contributed by atoms with Gasteiger partial charge in [-0.15, -0.1) is 0 Å². The fraction of sp³-hybridized carbons (Fsp3) is 0.250. The van der Waals surface area contributed by atoms with Crippen LogP contribution >= 0.6 is 0 Å². The van der Waals surface area contributed by atoms with Gasteiger partial charge >= 0.3 is 5.97 Å². The quantitative estimate of drug-likeness (QED) is 0.221. The number of aryl methyl sites for hydroxylation is 3. The van der Waals surface area contributed by atoms with Gasteiger partial charge in [0.05, 0.1) is 18.4 Å². The van der Waals surface area contributed by atoms with Crippen LogP contribution in [0, 0.1) is 26.6 Å². The van der Waals surface area contributed by atoms with E-state index >= 15 is 0 Å². The van der Waals surface area contributed by atoms with E-state index in [1.165, 1.54) is 24.3 Å². The highest BCUT2D eigenvalue weighted by atomic mass is 19.1. The van der Waals surface area contributed by atoms with Gasteiger partial charge in [0.2, 0.25) is 11.7 Å². The summed E-state index contributed by atoms with van der Waals surface area (Å²) in [7, 11) is 0. The molecule has 0 saturated heterocycles. The van der Waals surface area contributed by atoms with Crippen molar-refractivity contribution in [1.29, 1.82) is 0 Å². The van der Waals surface area contributed by atoms with Crippen molar-refractivity contribution < 1.29 is 27.6 Å². The monoisotopic (exact) mass is 488 g/mol. The summed E-state index contributed by atoms with van der Waals surface area (Å²) in [4.78, 5) is 25.4. The maximum atomic E-state index is 13.1. The van der Waals surface area contributed by atoms with Crippen molar-refractivity contribution in [3.8, 4) is 5.75 Å². The molecule has 0 atom stereocenters. The molecule has 1 aliphatic carbocycles. The fourth-order valence-corrected chi connectivity index (χ4v) is 4.73. The molecule has 4 aromatic rings. The van der Waals surface area contributed by atoms with Gasteiger partial charge in [-0.3, -0.25) is 4.79 Å². The maximum Gasteiger partial charge on any atom is 0.379 e. The van der Waals surface area contributed by atoms with E-state index in [0.29, 0.717) is 35.4 Å².